The molecule has 0 spiro atoms. The number of nitrogens with one attached hydrogen (secondary N) is 1. The molecule has 0 aliphatic carbocycles. The van der Waals surface area contributed by atoms with Crippen LogP contribution in [0.25, 0.3) is 11.3 Å². The molecule has 4 rings (SSSR count). The molecule has 0 atom stereocenters. The van der Waals surface area contributed by atoms with Crippen LogP contribution in [0, 0.1) is 11.2 Å². The van der Waals surface area contributed by atoms with Crippen LogP contribution >= 0.6 is 11.3 Å². The molecule has 1 N–H and O–H groups in total. The van der Waals surface area contributed by atoms with E-state index in [0.29, 0.717) is 5.56 Å². The summed E-state index contributed by atoms with van der Waals surface area (Å²) in [6.45, 7) is 2.44. The van der Waals surface area contributed by atoms with E-state index in [0.717, 1.165) is 16.2 Å². The van der Waals surface area contributed by atoms with Crippen molar-refractivity contribution >= 4 is 34.1 Å². The number of aromatic nitrogens is 1. The molecule has 188 valence electrons. The number of halogens is 3. The van der Waals surface area contributed by atoms with Gasteiger partial charge in [0.05, 0.1) is 17.7 Å². The number of ketones is 1. The summed E-state index contributed by atoms with van der Waals surface area (Å²) in [4.78, 5) is 44.5. The lowest BCUT2D eigenvalue weighted by Crippen LogP contribution is -2.33. The van der Waals surface area contributed by atoms with Crippen molar-refractivity contribution in [2.75, 3.05) is 18.4 Å². The Labute approximate surface area is 210 Å². The molecule has 0 unspecified atom stereocenters. The molecule has 0 radical (unpaired) electrons. The van der Waals surface area contributed by atoms with Crippen molar-refractivity contribution in [1.82, 2.24) is 9.88 Å². The van der Waals surface area contributed by atoms with Gasteiger partial charge in [0.25, 0.3) is 11.8 Å². The minimum absolute atomic E-state index is 0.0712. The summed E-state index contributed by atoms with van der Waals surface area (Å²) in [5.41, 5.74) is 0.0319. The zero-order valence-electron chi connectivity index (χ0n) is 19.7. The predicted molar refractivity (Wildman–Crippen MR) is 131 cm³/mol. The first-order valence-electron chi connectivity index (χ1n) is 11.3. The van der Waals surface area contributed by atoms with Gasteiger partial charge in [0.1, 0.15) is 10.7 Å². The first kappa shape index (κ1) is 25.6. The van der Waals surface area contributed by atoms with E-state index < -0.39 is 41.9 Å². The SMILES string of the molecule is CC(C)(CC(=O)c1ccc(F)cc1)C(=O)Nc1nc(-c2ccccc2)c(C(=O)N2CCC(F)(F)C2)s1. The predicted octanol–water partition coefficient (Wildman–Crippen LogP) is 5.67. The number of rotatable bonds is 7. The van der Waals surface area contributed by atoms with E-state index in [1.54, 1.807) is 44.2 Å². The highest BCUT2D eigenvalue weighted by molar-refractivity contribution is 7.18. The van der Waals surface area contributed by atoms with Crippen LogP contribution in [-0.4, -0.2) is 46.5 Å². The normalized spacial score (nSPS) is 15.1. The maximum atomic E-state index is 13.7. The van der Waals surface area contributed by atoms with Gasteiger partial charge in [-0.05, 0) is 24.3 Å². The van der Waals surface area contributed by atoms with Crippen molar-refractivity contribution in [3.8, 4) is 11.3 Å². The molecule has 2 amide bonds. The summed E-state index contributed by atoms with van der Waals surface area (Å²) in [5.74, 6) is -4.81. The van der Waals surface area contributed by atoms with E-state index in [1.807, 2.05) is 0 Å². The number of hydrogen-bond acceptors (Lipinski definition) is 5. The molecule has 1 fully saturated rings. The Balaban J connectivity index is 1.56. The average molecular weight is 516 g/mol. The Morgan fingerprint density at radius 1 is 1.08 bits per heavy atom. The largest absolute Gasteiger partial charge is 0.332 e. The number of anilines is 1. The fourth-order valence-corrected chi connectivity index (χ4v) is 4.80. The number of alkyl halides is 2. The van der Waals surface area contributed by atoms with Crippen molar-refractivity contribution < 1.29 is 27.6 Å². The molecule has 2 aromatic carbocycles. The van der Waals surface area contributed by atoms with Gasteiger partial charge in [-0.2, -0.15) is 0 Å². The highest BCUT2D eigenvalue weighted by Gasteiger charge is 2.41. The van der Waals surface area contributed by atoms with E-state index >= 15 is 0 Å². The zero-order valence-corrected chi connectivity index (χ0v) is 20.5. The second-order valence-electron chi connectivity index (χ2n) is 9.34. The third-order valence-electron chi connectivity index (χ3n) is 5.93. The standard InChI is InChI=1S/C26H24F3N3O3S/c1-25(2,14-19(33)16-8-10-18(27)11-9-16)23(35)31-24-30-20(17-6-4-3-5-7-17)21(36-24)22(34)32-13-12-26(28,29)15-32/h3-11H,12-15H2,1-2H3,(H,30,31,35). The molecular weight excluding hydrogens is 491 g/mol. The Bertz CT molecular complexity index is 1290. The lowest BCUT2D eigenvalue weighted by Gasteiger charge is -2.22. The van der Waals surface area contributed by atoms with Crippen molar-refractivity contribution in [1.29, 1.82) is 0 Å². The summed E-state index contributed by atoms with van der Waals surface area (Å²) in [6.07, 6.45) is -0.548. The molecule has 36 heavy (non-hydrogen) atoms. The minimum Gasteiger partial charge on any atom is -0.332 e. The first-order valence-corrected chi connectivity index (χ1v) is 12.1. The number of Topliss-reactive ketones (excluding diaryl/α,β-unsaturated/α-hetero) is 1. The number of nitrogens with zero attached hydrogens (tertiary/aromatic N) is 2. The highest BCUT2D eigenvalue weighted by Crippen LogP contribution is 2.36. The van der Waals surface area contributed by atoms with Gasteiger partial charge >= 0.3 is 0 Å². The second kappa shape index (κ2) is 9.85. The first-order chi connectivity index (χ1) is 16.9. The van der Waals surface area contributed by atoms with Crippen LogP contribution in [0.5, 0.6) is 0 Å². The Hall–Kier alpha value is -3.53. The summed E-state index contributed by atoms with van der Waals surface area (Å²) in [7, 11) is 0. The highest BCUT2D eigenvalue weighted by atomic mass is 32.1. The summed E-state index contributed by atoms with van der Waals surface area (Å²) in [6, 6.07) is 13.9. The second-order valence-corrected chi connectivity index (χ2v) is 10.3. The molecule has 1 aromatic heterocycles. The van der Waals surface area contributed by atoms with Gasteiger partial charge in [-0.15, -0.1) is 0 Å². The Morgan fingerprint density at radius 3 is 2.36 bits per heavy atom. The molecule has 3 aromatic rings. The van der Waals surface area contributed by atoms with Crippen LogP contribution in [0.3, 0.4) is 0 Å². The van der Waals surface area contributed by atoms with Crippen LogP contribution < -0.4 is 5.32 Å². The molecule has 0 saturated carbocycles. The number of carbonyl (C=O) groups excluding carboxylic acids is 3. The van der Waals surface area contributed by atoms with E-state index in [-0.39, 0.29) is 40.0 Å². The molecule has 1 aliphatic heterocycles. The van der Waals surface area contributed by atoms with Gasteiger partial charge in [-0.1, -0.05) is 55.5 Å². The fraction of sp³-hybridized carbons (Fsp3) is 0.308. The molecule has 2 heterocycles. The molecule has 1 aliphatic rings. The van der Waals surface area contributed by atoms with Gasteiger partial charge in [0.15, 0.2) is 10.9 Å². The van der Waals surface area contributed by atoms with E-state index in [4.69, 9.17) is 0 Å². The van der Waals surface area contributed by atoms with Crippen molar-refractivity contribution in [3.05, 3.63) is 70.9 Å². The third-order valence-corrected chi connectivity index (χ3v) is 6.89. The number of amides is 2. The molecular formula is C26H24F3N3O3S. The molecule has 6 nitrogen and oxygen atoms in total. The van der Waals surface area contributed by atoms with Crippen molar-refractivity contribution in [3.63, 3.8) is 0 Å². The van der Waals surface area contributed by atoms with Gasteiger partial charge in [0, 0.05) is 30.5 Å². The third kappa shape index (κ3) is 5.64. The zero-order chi connectivity index (χ0) is 26.1. The number of hydrogen-bond donors (Lipinski definition) is 1. The van der Waals surface area contributed by atoms with Crippen LogP contribution in [0.4, 0.5) is 18.3 Å². The Kier molecular flexibility index (Phi) is 6.99. The van der Waals surface area contributed by atoms with Crippen LogP contribution in [-0.2, 0) is 4.79 Å². The topological polar surface area (TPSA) is 79.4 Å². The number of likely N-dealkylation sites (tertiary alicyclic amines) is 1. The van der Waals surface area contributed by atoms with Crippen LogP contribution in [0.15, 0.2) is 54.6 Å². The van der Waals surface area contributed by atoms with E-state index in [2.05, 4.69) is 10.3 Å². The maximum absolute atomic E-state index is 13.7. The number of thiazole rings is 1. The van der Waals surface area contributed by atoms with E-state index in [9.17, 15) is 27.6 Å². The molecule has 0 bridgehead atoms. The quantitative estimate of drug-likeness (QED) is 0.412. The van der Waals surface area contributed by atoms with Gasteiger partial charge < -0.3 is 10.2 Å². The smallest absolute Gasteiger partial charge is 0.267 e. The summed E-state index contributed by atoms with van der Waals surface area (Å²) in [5, 5.41) is 2.80. The van der Waals surface area contributed by atoms with Gasteiger partial charge in [-0.3, -0.25) is 14.4 Å². The lowest BCUT2D eigenvalue weighted by molar-refractivity contribution is -0.123. The van der Waals surface area contributed by atoms with E-state index in [1.165, 1.54) is 24.3 Å². The number of carbonyl (C=O) groups is 3. The minimum atomic E-state index is -2.94. The summed E-state index contributed by atoms with van der Waals surface area (Å²) >= 11 is 0.905. The monoisotopic (exact) mass is 515 g/mol. The average Bonchev–Trinajstić information content (AvgIpc) is 3.42. The summed E-state index contributed by atoms with van der Waals surface area (Å²) < 4.78 is 40.6. The molecule has 10 heteroatoms. The van der Waals surface area contributed by atoms with Gasteiger partial charge in [0.2, 0.25) is 5.91 Å². The van der Waals surface area contributed by atoms with Crippen molar-refractivity contribution in [2.45, 2.75) is 32.6 Å². The number of benzene rings is 2. The van der Waals surface area contributed by atoms with Crippen LogP contribution in [0.1, 0.15) is 46.7 Å². The van der Waals surface area contributed by atoms with Gasteiger partial charge in [-0.25, -0.2) is 18.2 Å². The van der Waals surface area contributed by atoms with Crippen LogP contribution in [0.2, 0.25) is 0 Å². The Morgan fingerprint density at radius 2 is 1.75 bits per heavy atom. The molecule has 1 saturated heterocycles. The van der Waals surface area contributed by atoms with Crippen molar-refractivity contribution in [2.24, 2.45) is 5.41 Å². The fourth-order valence-electron chi connectivity index (χ4n) is 3.85. The maximum Gasteiger partial charge on any atom is 0.267 e. The lowest BCUT2D eigenvalue weighted by atomic mass is 9.84.